The van der Waals surface area contributed by atoms with Crippen LogP contribution in [0.25, 0.3) is 11.2 Å². The third-order valence-corrected chi connectivity index (χ3v) is 3.70. The van der Waals surface area contributed by atoms with Crippen LogP contribution in [0.2, 0.25) is 0 Å². The molecule has 0 amide bonds. The van der Waals surface area contributed by atoms with E-state index >= 15 is 0 Å². The highest BCUT2D eigenvalue weighted by atomic mass is 31.0. The van der Waals surface area contributed by atoms with E-state index in [-0.39, 0.29) is 5.82 Å². The molecule has 4 N–H and O–H groups in total. The Morgan fingerprint density at radius 3 is 2.79 bits per heavy atom. The number of aromatic nitrogens is 4. The fraction of sp³-hybridized carbons (Fsp3) is 0.500. The summed E-state index contributed by atoms with van der Waals surface area (Å²) < 4.78 is 7.19. The first-order valence-corrected chi connectivity index (χ1v) is 6.59. The molecule has 0 saturated carbocycles. The number of fused-ring (bicyclic) bond motifs is 1. The van der Waals surface area contributed by atoms with E-state index in [4.69, 9.17) is 10.5 Å². The Morgan fingerprint density at radius 2 is 2.11 bits per heavy atom. The molecule has 2 aromatic rings. The predicted octanol–water partition coefficient (Wildman–Crippen LogP) is -1.10. The Hall–Kier alpha value is -1.34. The first kappa shape index (κ1) is 12.7. The highest BCUT2D eigenvalue weighted by Crippen LogP contribution is 2.32. The number of nitrogens with zero attached hydrogens (tertiary/aromatic N) is 4. The van der Waals surface area contributed by atoms with Gasteiger partial charge in [-0.15, -0.1) is 9.24 Å². The second kappa shape index (κ2) is 4.64. The van der Waals surface area contributed by atoms with Crippen molar-refractivity contribution in [2.75, 3.05) is 11.9 Å². The van der Waals surface area contributed by atoms with E-state index in [0.29, 0.717) is 17.3 Å². The van der Waals surface area contributed by atoms with E-state index in [1.54, 1.807) is 4.57 Å². The van der Waals surface area contributed by atoms with E-state index < -0.39 is 24.5 Å². The van der Waals surface area contributed by atoms with Crippen molar-refractivity contribution in [2.45, 2.75) is 24.5 Å². The summed E-state index contributed by atoms with van der Waals surface area (Å²) in [4.78, 5) is 12.0. The predicted molar refractivity (Wildman–Crippen MR) is 70.2 cm³/mol. The van der Waals surface area contributed by atoms with Gasteiger partial charge in [-0.05, 0) is 6.16 Å². The Labute approximate surface area is 110 Å². The van der Waals surface area contributed by atoms with Crippen molar-refractivity contribution in [3.8, 4) is 0 Å². The maximum Gasteiger partial charge on any atom is 0.167 e. The number of nitrogens with two attached hydrogens (primary N) is 1. The summed E-state index contributed by atoms with van der Waals surface area (Å²) in [7, 11) is 2.48. The van der Waals surface area contributed by atoms with Gasteiger partial charge in [-0.1, -0.05) is 0 Å². The van der Waals surface area contributed by atoms with Crippen LogP contribution in [0.5, 0.6) is 0 Å². The van der Waals surface area contributed by atoms with Crippen LogP contribution in [0.3, 0.4) is 0 Å². The van der Waals surface area contributed by atoms with Gasteiger partial charge in [0.1, 0.15) is 24.1 Å². The van der Waals surface area contributed by atoms with Gasteiger partial charge in [0, 0.05) is 0 Å². The minimum atomic E-state index is -1.04. The van der Waals surface area contributed by atoms with E-state index in [1.165, 1.54) is 12.7 Å². The second-order valence-electron chi connectivity index (χ2n) is 4.36. The van der Waals surface area contributed by atoms with Gasteiger partial charge in [0.05, 0.1) is 12.4 Å². The minimum Gasteiger partial charge on any atom is -0.388 e. The van der Waals surface area contributed by atoms with Crippen LogP contribution < -0.4 is 5.73 Å². The summed E-state index contributed by atoms with van der Waals surface area (Å²) in [6.07, 6.45) is 0.153. The van der Waals surface area contributed by atoms with Crippen LogP contribution >= 0.6 is 9.24 Å². The van der Waals surface area contributed by atoms with E-state index in [0.717, 1.165) is 0 Å². The zero-order valence-corrected chi connectivity index (χ0v) is 11.1. The molecule has 0 spiro atoms. The third kappa shape index (κ3) is 1.88. The van der Waals surface area contributed by atoms with Crippen LogP contribution in [-0.2, 0) is 4.74 Å². The lowest BCUT2D eigenvalue weighted by Gasteiger charge is -2.16. The molecule has 1 aliphatic heterocycles. The van der Waals surface area contributed by atoms with Gasteiger partial charge in [-0.2, -0.15) is 0 Å². The molecule has 8 nitrogen and oxygen atoms in total. The number of aliphatic hydroxyl groups is 2. The fourth-order valence-electron chi connectivity index (χ4n) is 2.21. The molecule has 3 rings (SSSR count). The van der Waals surface area contributed by atoms with E-state index in [1.807, 2.05) is 0 Å². The molecule has 0 aromatic carbocycles. The fourth-order valence-corrected chi connectivity index (χ4v) is 2.60. The number of nitrogen functional groups attached to an aromatic ring is 1. The number of ether oxygens (including phenoxy) is 1. The molecule has 1 saturated heterocycles. The van der Waals surface area contributed by atoms with Crippen molar-refractivity contribution >= 4 is 26.2 Å². The van der Waals surface area contributed by atoms with Crippen molar-refractivity contribution in [1.29, 1.82) is 0 Å². The van der Waals surface area contributed by atoms with Gasteiger partial charge in [0.25, 0.3) is 0 Å². The molecule has 0 radical (unpaired) electrons. The SMILES string of the molecule is Nc1ncnc2c1ncn2[C@@H]1O[C@H](CP)[C@@H](O)[C@H]1O. The number of anilines is 1. The zero-order valence-electron chi connectivity index (χ0n) is 9.92. The smallest absolute Gasteiger partial charge is 0.167 e. The molecule has 1 fully saturated rings. The average molecular weight is 283 g/mol. The topological polar surface area (TPSA) is 119 Å². The lowest BCUT2D eigenvalue weighted by atomic mass is 10.1. The highest BCUT2D eigenvalue weighted by Gasteiger charge is 2.43. The number of rotatable bonds is 2. The van der Waals surface area contributed by atoms with Crippen molar-refractivity contribution in [2.24, 2.45) is 0 Å². The molecular formula is C10H14N5O3P. The van der Waals surface area contributed by atoms with Crippen molar-refractivity contribution in [3.63, 3.8) is 0 Å². The number of hydrogen-bond donors (Lipinski definition) is 3. The molecule has 0 bridgehead atoms. The zero-order chi connectivity index (χ0) is 13.6. The minimum absolute atomic E-state index is 0.263. The molecule has 102 valence electrons. The van der Waals surface area contributed by atoms with Gasteiger partial charge in [0.15, 0.2) is 17.7 Å². The monoisotopic (exact) mass is 283 g/mol. The summed E-state index contributed by atoms with van der Waals surface area (Å²) in [5, 5.41) is 19.9. The molecule has 19 heavy (non-hydrogen) atoms. The maximum atomic E-state index is 10.1. The van der Waals surface area contributed by atoms with Crippen molar-refractivity contribution in [3.05, 3.63) is 12.7 Å². The Bertz CT molecular complexity index is 606. The average Bonchev–Trinajstić information content (AvgIpc) is 2.94. The maximum absolute atomic E-state index is 10.1. The first-order valence-electron chi connectivity index (χ1n) is 5.78. The summed E-state index contributed by atoms with van der Waals surface area (Å²) in [6, 6.07) is 0. The van der Waals surface area contributed by atoms with Crippen molar-refractivity contribution < 1.29 is 14.9 Å². The summed E-state index contributed by atoms with van der Waals surface area (Å²) in [5.41, 5.74) is 6.61. The second-order valence-corrected chi connectivity index (χ2v) is 4.84. The van der Waals surface area contributed by atoms with Crippen molar-refractivity contribution in [1.82, 2.24) is 19.5 Å². The standard InChI is InChI=1S/C10H14N5O3P/c11-8-5-9(13-2-12-8)15(3-14-5)10-7(17)6(16)4(1-19)18-10/h2-4,6-7,10,16-17H,1,19H2,(H2,11,12,13)/t4-,6-,7-,10-/m1/s1. The normalized spacial score (nSPS) is 31.1. The molecule has 3 heterocycles. The quantitative estimate of drug-likeness (QED) is 0.598. The van der Waals surface area contributed by atoms with Gasteiger partial charge >= 0.3 is 0 Å². The molecule has 9 heteroatoms. The highest BCUT2D eigenvalue weighted by molar-refractivity contribution is 7.16. The third-order valence-electron chi connectivity index (χ3n) is 3.23. The molecule has 5 atom stereocenters. The van der Waals surface area contributed by atoms with E-state index in [9.17, 15) is 10.2 Å². The van der Waals surface area contributed by atoms with Gasteiger partial charge < -0.3 is 20.7 Å². The Kier molecular flexibility index (Phi) is 3.10. The Balaban J connectivity index is 2.04. The molecule has 2 aromatic heterocycles. The van der Waals surface area contributed by atoms with Gasteiger partial charge in [-0.3, -0.25) is 4.57 Å². The molecule has 1 aliphatic rings. The number of imidazole rings is 1. The van der Waals surface area contributed by atoms with Crippen LogP contribution in [0.15, 0.2) is 12.7 Å². The van der Waals surface area contributed by atoms with Crippen LogP contribution in [-0.4, -0.2) is 54.2 Å². The van der Waals surface area contributed by atoms with Gasteiger partial charge in [0.2, 0.25) is 0 Å². The lowest BCUT2D eigenvalue weighted by molar-refractivity contribution is -0.0289. The van der Waals surface area contributed by atoms with Crippen LogP contribution in [0, 0.1) is 0 Å². The largest absolute Gasteiger partial charge is 0.388 e. The summed E-state index contributed by atoms with van der Waals surface area (Å²) >= 11 is 0. The number of aliphatic hydroxyl groups excluding tert-OH is 2. The van der Waals surface area contributed by atoms with Crippen LogP contribution in [0.1, 0.15) is 6.23 Å². The molecule has 1 unspecified atom stereocenters. The lowest BCUT2D eigenvalue weighted by Crippen LogP contribution is -2.32. The summed E-state index contributed by atoms with van der Waals surface area (Å²) in [5.74, 6) is 0.263. The summed E-state index contributed by atoms with van der Waals surface area (Å²) in [6.45, 7) is 0. The van der Waals surface area contributed by atoms with Gasteiger partial charge in [-0.25, -0.2) is 15.0 Å². The molecule has 0 aliphatic carbocycles. The molecular weight excluding hydrogens is 269 g/mol. The Morgan fingerprint density at radius 1 is 1.32 bits per heavy atom. The first-order chi connectivity index (χ1) is 9.13. The van der Waals surface area contributed by atoms with Crippen LogP contribution in [0.4, 0.5) is 5.82 Å². The number of hydrogen-bond acceptors (Lipinski definition) is 7. The van der Waals surface area contributed by atoms with E-state index in [2.05, 4.69) is 24.2 Å².